The van der Waals surface area contributed by atoms with Crippen LogP contribution in [0.15, 0.2) is 29.6 Å². The fourth-order valence-electron chi connectivity index (χ4n) is 1.46. The number of aromatic carboxylic acids is 1. The molecule has 0 unspecified atom stereocenters. The summed E-state index contributed by atoms with van der Waals surface area (Å²) in [4.78, 5) is 25.7. The number of carboxylic acid groups (broad SMARTS) is 1. The van der Waals surface area contributed by atoms with Crippen molar-refractivity contribution in [3.05, 3.63) is 34.7 Å². The van der Waals surface area contributed by atoms with Crippen molar-refractivity contribution in [2.45, 2.75) is 6.92 Å². The number of benzene rings is 1. The summed E-state index contributed by atoms with van der Waals surface area (Å²) in [5.74, 6) is -1.19. The standard InChI is InChI=1S/C12H10N2O3S/c1-7(15)13-9-4-2-3-8(5-9)10-6-18-11(14-10)12(16)17/h2-6H,1H3,(H,13,15)(H,16,17). The van der Waals surface area contributed by atoms with Gasteiger partial charge in [-0.2, -0.15) is 0 Å². The number of rotatable bonds is 3. The van der Waals surface area contributed by atoms with Crippen LogP contribution in [0.2, 0.25) is 0 Å². The SMILES string of the molecule is CC(=O)Nc1cccc(-c2csc(C(=O)O)n2)c1. The molecule has 0 aliphatic carbocycles. The minimum atomic E-state index is -1.04. The number of amides is 1. The van der Waals surface area contributed by atoms with E-state index >= 15 is 0 Å². The second-order valence-electron chi connectivity index (χ2n) is 3.61. The van der Waals surface area contributed by atoms with Crippen molar-refractivity contribution in [3.63, 3.8) is 0 Å². The molecule has 0 bridgehead atoms. The molecule has 0 fully saturated rings. The monoisotopic (exact) mass is 262 g/mol. The van der Waals surface area contributed by atoms with E-state index in [-0.39, 0.29) is 10.9 Å². The summed E-state index contributed by atoms with van der Waals surface area (Å²) >= 11 is 1.07. The van der Waals surface area contributed by atoms with Crippen molar-refractivity contribution < 1.29 is 14.7 Å². The van der Waals surface area contributed by atoms with Crippen LogP contribution >= 0.6 is 11.3 Å². The van der Waals surface area contributed by atoms with Crippen molar-refractivity contribution in [3.8, 4) is 11.3 Å². The Labute approximate surface area is 107 Å². The van der Waals surface area contributed by atoms with E-state index in [1.807, 2.05) is 6.07 Å². The molecule has 2 aromatic rings. The fourth-order valence-corrected chi connectivity index (χ4v) is 2.13. The van der Waals surface area contributed by atoms with Gasteiger partial charge in [-0.15, -0.1) is 11.3 Å². The maximum absolute atomic E-state index is 11.0. The summed E-state index contributed by atoms with van der Waals surface area (Å²) in [6.07, 6.45) is 0. The molecule has 1 aromatic carbocycles. The summed E-state index contributed by atoms with van der Waals surface area (Å²) in [5.41, 5.74) is 2.01. The minimum absolute atomic E-state index is 0.0509. The maximum atomic E-state index is 11.0. The molecule has 18 heavy (non-hydrogen) atoms. The van der Waals surface area contributed by atoms with Gasteiger partial charge in [0.25, 0.3) is 0 Å². The molecule has 0 radical (unpaired) electrons. The van der Waals surface area contributed by atoms with E-state index in [2.05, 4.69) is 10.3 Å². The zero-order valence-electron chi connectivity index (χ0n) is 9.51. The van der Waals surface area contributed by atoms with Gasteiger partial charge in [0.05, 0.1) is 5.69 Å². The summed E-state index contributed by atoms with van der Waals surface area (Å²) in [5, 5.41) is 13.2. The van der Waals surface area contributed by atoms with Gasteiger partial charge in [-0.3, -0.25) is 4.79 Å². The molecular formula is C12H10N2O3S. The molecule has 0 spiro atoms. The number of nitrogens with one attached hydrogen (secondary N) is 1. The third kappa shape index (κ3) is 2.72. The lowest BCUT2D eigenvalue weighted by Crippen LogP contribution is -2.05. The number of carboxylic acids is 1. The topological polar surface area (TPSA) is 79.3 Å². The van der Waals surface area contributed by atoms with E-state index in [0.29, 0.717) is 11.4 Å². The van der Waals surface area contributed by atoms with Gasteiger partial charge < -0.3 is 10.4 Å². The third-order valence-electron chi connectivity index (χ3n) is 2.17. The summed E-state index contributed by atoms with van der Waals surface area (Å²) in [6.45, 7) is 1.43. The van der Waals surface area contributed by atoms with Gasteiger partial charge in [-0.25, -0.2) is 9.78 Å². The van der Waals surface area contributed by atoms with Gasteiger partial charge in [0.2, 0.25) is 10.9 Å². The molecule has 2 N–H and O–H groups in total. The highest BCUT2D eigenvalue weighted by Crippen LogP contribution is 2.24. The molecule has 92 valence electrons. The molecule has 1 amide bonds. The molecule has 0 saturated carbocycles. The maximum Gasteiger partial charge on any atom is 0.365 e. The van der Waals surface area contributed by atoms with Crippen LogP contribution in [-0.2, 0) is 4.79 Å². The largest absolute Gasteiger partial charge is 0.476 e. The van der Waals surface area contributed by atoms with Gasteiger partial charge in [-0.1, -0.05) is 12.1 Å². The number of carbonyl (C=O) groups is 2. The number of hydrogen-bond donors (Lipinski definition) is 2. The van der Waals surface area contributed by atoms with Gasteiger partial charge in [-0.05, 0) is 12.1 Å². The molecule has 0 atom stereocenters. The lowest BCUT2D eigenvalue weighted by atomic mass is 10.1. The molecule has 0 aliphatic rings. The number of hydrogen-bond acceptors (Lipinski definition) is 4. The van der Waals surface area contributed by atoms with Crippen molar-refractivity contribution in [1.29, 1.82) is 0 Å². The minimum Gasteiger partial charge on any atom is -0.476 e. The first-order valence-electron chi connectivity index (χ1n) is 5.13. The molecule has 0 aliphatic heterocycles. The van der Waals surface area contributed by atoms with E-state index in [1.54, 1.807) is 23.6 Å². The predicted octanol–water partition coefficient (Wildman–Crippen LogP) is 2.47. The molecule has 5 nitrogen and oxygen atoms in total. The predicted molar refractivity (Wildman–Crippen MR) is 68.8 cm³/mol. The number of nitrogens with zero attached hydrogens (tertiary/aromatic N) is 1. The molecule has 6 heteroatoms. The van der Waals surface area contributed by atoms with Crippen LogP contribution in [0.1, 0.15) is 16.7 Å². The number of carbonyl (C=O) groups excluding carboxylic acids is 1. The summed E-state index contributed by atoms with van der Waals surface area (Å²) in [6, 6.07) is 7.10. The highest BCUT2D eigenvalue weighted by atomic mass is 32.1. The zero-order valence-corrected chi connectivity index (χ0v) is 10.3. The van der Waals surface area contributed by atoms with Crippen LogP contribution in [0.4, 0.5) is 5.69 Å². The Morgan fingerprint density at radius 3 is 2.78 bits per heavy atom. The lowest BCUT2D eigenvalue weighted by molar-refractivity contribution is -0.114. The van der Waals surface area contributed by atoms with Crippen LogP contribution in [0.25, 0.3) is 11.3 Å². The van der Waals surface area contributed by atoms with Crippen LogP contribution in [0.5, 0.6) is 0 Å². The van der Waals surface area contributed by atoms with Crippen molar-refractivity contribution >= 4 is 28.9 Å². The Morgan fingerprint density at radius 2 is 2.17 bits per heavy atom. The average Bonchev–Trinajstić information content (AvgIpc) is 2.77. The molecule has 1 heterocycles. The van der Waals surface area contributed by atoms with E-state index < -0.39 is 5.97 Å². The summed E-state index contributed by atoms with van der Waals surface area (Å²) in [7, 11) is 0. The molecule has 0 saturated heterocycles. The number of anilines is 1. The Morgan fingerprint density at radius 1 is 1.39 bits per heavy atom. The van der Waals surface area contributed by atoms with E-state index in [4.69, 9.17) is 5.11 Å². The molecular weight excluding hydrogens is 252 g/mol. The second-order valence-corrected chi connectivity index (χ2v) is 4.46. The fraction of sp³-hybridized carbons (Fsp3) is 0.0833. The zero-order chi connectivity index (χ0) is 13.1. The summed E-state index contributed by atoms with van der Waals surface area (Å²) < 4.78 is 0. The first kappa shape index (κ1) is 12.3. The van der Waals surface area contributed by atoms with Crippen LogP contribution < -0.4 is 5.32 Å². The Kier molecular flexibility index (Phi) is 3.38. The smallest absolute Gasteiger partial charge is 0.365 e. The van der Waals surface area contributed by atoms with E-state index in [1.165, 1.54) is 6.92 Å². The second kappa shape index (κ2) is 4.97. The van der Waals surface area contributed by atoms with Crippen LogP contribution in [0, 0.1) is 0 Å². The molecule has 1 aromatic heterocycles. The lowest BCUT2D eigenvalue weighted by Gasteiger charge is -2.03. The molecule has 2 rings (SSSR count). The van der Waals surface area contributed by atoms with Crippen LogP contribution in [0.3, 0.4) is 0 Å². The first-order valence-corrected chi connectivity index (χ1v) is 6.01. The third-order valence-corrected chi connectivity index (χ3v) is 3.00. The average molecular weight is 262 g/mol. The van der Waals surface area contributed by atoms with E-state index in [9.17, 15) is 9.59 Å². The quantitative estimate of drug-likeness (QED) is 0.890. The Bertz CT molecular complexity index is 607. The number of aromatic nitrogens is 1. The van der Waals surface area contributed by atoms with Crippen molar-refractivity contribution in [2.75, 3.05) is 5.32 Å². The Hall–Kier alpha value is -2.21. The van der Waals surface area contributed by atoms with Gasteiger partial charge >= 0.3 is 5.97 Å². The normalized spacial score (nSPS) is 10.1. The highest BCUT2D eigenvalue weighted by Gasteiger charge is 2.10. The van der Waals surface area contributed by atoms with Gasteiger partial charge in [0, 0.05) is 23.6 Å². The van der Waals surface area contributed by atoms with Crippen molar-refractivity contribution in [2.24, 2.45) is 0 Å². The van der Waals surface area contributed by atoms with Crippen LogP contribution in [-0.4, -0.2) is 22.0 Å². The highest BCUT2D eigenvalue weighted by molar-refractivity contribution is 7.11. The number of thiazole rings is 1. The Balaban J connectivity index is 2.32. The first-order chi connectivity index (χ1) is 8.56. The van der Waals surface area contributed by atoms with Gasteiger partial charge in [0.15, 0.2) is 0 Å². The van der Waals surface area contributed by atoms with Gasteiger partial charge in [0.1, 0.15) is 0 Å². The van der Waals surface area contributed by atoms with E-state index in [0.717, 1.165) is 16.9 Å². The van der Waals surface area contributed by atoms with Crippen molar-refractivity contribution in [1.82, 2.24) is 4.98 Å².